The Hall–Kier alpha value is -3.19. The van der Waals surface area contributed by atoms with Crippen LogP contribution in [0.5, 0.6) is 0 Å². The van der Waals surface area contributed by atoms with E-state index in [1.165, 1.54) is 25.0 Å². The van der Waals surface area contributed by atoms with Crippen molar-refractivity contribution in [3.8, 4) is 0 Å². The second-order valence-corrected chi connectivity index (χ2v) is 8.69. The Kier molecular flexibility index (Phi) is 5.78. The first kappa shape index (κ1) is 21.1. The molecular weight excluding hydrogens is 392 g/mol. The molecule has 1 saturated heterocycles. The second-order valence-electron chi connectivity index (χ2n) is 8.69. The fourth-order valence-electron chi connectivity index (χ4n) is 3.95. The van der Waals surface area contributed by atoms with E-state index in [0.717, 1.165) is 17.7 Å². The molecule has 2 aromatic rings. The molecule has 0 bridgehead atoms. The number of aromatic nitrogens is 1. The van der Waals surface area contributed by atoms with Gasteiger partial charge in [0, 0.05) is 50.2 Å². The van der Waals surface area contributed by atoms with Crippen LogP contribution in [0.3, 0.4) is 0 Å². The summed E-state index contributed by atoms with van der Waals surface area (Å²) in [6, 6.07) is 11.7. The van der Waals surface area contributed by atoms with Gasteiger partial charge in [-0.15, -0.1) is 0 Å². The van der Waals surface area contributed by atoms with Gasteiger partial charge in [0.1, 0.15) is 5.60 Å². The van der Waals surface area contributed by atoms with Crippen LogP contribution in [0.15, 0.2) is 54.9 Å². The van der Waals surface area contributed by atoms with Crippen LogP contribution in [-0.4, -0.2) is 63.6 Å². The van der Waals surface area contributed by atoms with Crippen LogP contribution < -0.4 is 5.32 Å². The highest BCUT2D eigenvalue weighted by Crippen LogP contribution is 2.28. The minimum atomic E-state index is -1.35. The van der Waals surface area contributed by atoms with Gasteiger partial charge in [-0.1, -0.05) is 24.3 Å². The Labute approximate surface area is 182 Å². The molecule has 0 atom stereocenters. The lowest BCUT2D eigenvalue weighted by Crippen LogP contribution is -2.50. The average molecular weight is 421 g/mol. The smallest absolute Gasteiger partial charge is 0.321 e. The lowest BCUT2D eigenvalue weighted by molar-refractivity contribution is -0.147. The molecule has 0 aliphatic carbocycles. The fourth-order valence-corrected chi connectivity index (χ4v) is 3.95. The lowest BCUT2D eigenvalue weighted by atomic mass is 9.93. The molecule has 2 N–H and O–H groups in total. The molecule has 1 aromatic heterocycles. The third-order valence-electron chi connectivity index (χ3n) is 5.85. The molecule has 7 heteroatoms. The first-order valence-electron chi connectivity index (χ1n) is 10.6. The summed E-state index contributed by atoms with van der Waals surface area (Å²) in [6.07, 6.45) is 6.37. The van der Waals surface area contributed by atoms with E-state index in [1.807, 2.05) is 48.7 Å². The fraction of sp³-hybridized carbons (Fsp3) is 0.375. The van der Waals surface area contributed by atoms with Crippen LogP contribution in [0.25, 0.3) is 5.57 Å². The summed E-state index contributed by atoms with van der Waals surface area (Å²) in [4.78, 5) is 32.3. The van der Waals surface area contributed by atoms with E-state index in [0.29, 0.717) is 32.1 Å². The van der Waals surface area contributed by atoms with Crippen molar-refractivity contribution < 1.29 is 14.7 Å². The molecule has 2 aliphatic heterocycles. The standard InChI is InChI=1S/C24H28N4O3/c1-24(2,31)22(29)27-12-9-18(10-13-27)17-5-7-21(8-6-17)26-23(30)28-15-20(16-28)19-4-3-11-25-14-19/h3-9,11,14,20,31H,10,12-13,15-16H2,1-2H3,(H,26,30). The number of carbonyl (C=O) groups excluding carboxylic acids is 2. The van der Waals surface area contributed by atoms with Crippen molar-refractivity contribution in [3.63, 3.8) is 0 Å². The zero-order chi connectivity index (χ0) is 22.0. The van der Waals surface area contributed by atoms with Crippen molar-refractivity contribution in [1.82, 2.24) is 14.8 Å². The quantitative estimate of drug-likeness (QED) is 0.796. The summed E-state index contributed by atoms with van der Waals surface area (Å²) in [7, 11) is 0. The van der Waals surface area contributed by atoms with Gasteiger partial charge in [0.2, 0.25) is 0 Å². The number of anilines is 1. The van der Waals surface area contributed by atoms with Crippen LogP contribution in [0.4, 0.5) is 10.5 Å². The van der Waals surface area contributed by atoms with Crippen LogP contribution in [0, 0.1) is 0 Å². The number of nitrogens with zero attached hydrogens (tertiary/aromatic N) is 3. The van der Waals surface area contributed by atoms with Crippen LogP contribution >= 0.6 is 0 Å². The highest BCUT2D eigenvalue weighted by atomic mass is 16.3. The highest BCUT2D eigenvalue weighted by molar-refractivity contribution is 5.90. The van der Waals surface area contributed by atoms with Gasteiger partial charge in [-0.2, -0.15) is 0 Å². The second kappa shape index (κ2) is 8.51. The first-order valence-corrected chi connectivity index (χ1v) is 10.6. The zero-order valence-corrected chi connectivity index (χ0v) is 17.9. The molecular formula is C24H28N4O3. The van der Waals surface area contributed by atoms with Gasteiger partial charge in [0.25, 0.3) is 5.91 Å². The van der Waals surface area contributed by atoms with Crippen molar-refractivity contribution in [2.75, 3.05) is 31.5 Å². The molecule has 4 rings (SSSR count). The molecule has 1 aromatic carbocycles. The molecule has 1 fully saturated rings. The van der Waals surface area contributed by atoms with Crippen molar-refractivity contribution in [2.24, 2.45) is 0 Å². The van der Waals surface area contributed by atoms with Crippen molar-refractivity contribution in [2.45, 2.75) is 31.8 Å². The van der Waals surface area contributed by atoms with E-state index < -0.39 is 5.60 Å². The Morgan fingerprint density at radius 2 is 1.87 bits per heavy atom. The van der Waals surface area contributed by atoms with E-state index >= 15 is 0 Å². The predicted molar refractivity (Wildman–Crippen MR) is 119 cm³/mol. The predicted octanol–water partition coefficient (Wildman–Crippen LogP) is 3.10. The van der Waals surface area contributed by atoms with Gasteiger partial charge >= 0.3 is 6.03 Å². The average Bonchev–Trinajstić information content (AvgIpc) is 2.73. The largest absolute Gasteiger partial charge is 0.381 e. The Bertz CT molecular complexity index is 974. The number of hydrogen-bond acceptors (Lipinski definition) is 4. The van der Waals surface area contributed by atoms with Gasteiger partial charge in [0.15, 0.2) is 0 Å². The number of benzene rings is 1. The summed E-state index contributed by atoms with van der Waals surface area (Å²) in [5, 5.41) is 12.9. The lowest BCUT2D eigenvalue weighted by Gasteiger charge is -2.39. The normalized spacial score (nSPS) is 17.1. The number of likely N-dealkylation sites (tertiary alicyclic amines) is 1. The van der Waals surface area contributed by atoms with Crippen LogP contribution in [0.1, 0.15) is 37.3 Å². The molecule has 0 radical (unpaired) electrons. The van der Waals surface area contributed by atoms with E-state index in [4.69, 9.17) is 0 Å². The number of carbonyl (C=O) groups is 2. The molecule has 7 nitrogen and oxygen atoms in total. The topological polar surface area (TPSA) is 85.8 Å². The molecule has 3 heterocycles. The molecule has 31 heavy (non-hydrogen) atoms. The number of urea groups is 1. The summed E-state index contributed by atoms with van der Waals surface area (Å²) < 4.78 is 0. The maximum absolute atomic E-state index is 12.5. The van der Waals surface area contributed by atoms with Gasteiger partial charge in [-0.25, -0.2) is 4.79 Å². The number of nitrogens with one attached hydrogen (secondary N) is 1. The van der Waals surface area contributed by atoms with Crippen molar-refractivity contribution >= 4 is 23.2 Å². The minimum absolute atomic E-state index is 0.0921. The van der Waals surface area contributed by atoms with Crippen LogP contribution in [0.2, 0.25) is 0 Å². The Morgan fingerprint density at radius 1 is 1.13 bits per heavy atom. The third kappa shape index (κ3) is 4.77. The van der Waals surface area contributed by atoms with Gasteiger partial charge in [-0.05, 0) is 55.2 Å². The summed E-state index contributed by atoms with van der Waals surface area (Å²) >= 11 is 0. The van der Waals surface area contributed by atoms with E-state index in [2.05, 4.69) is 10.3 Å². The van der Waals surface area contributed by atoms with E-state index in [9.17, 15) is 14.7 Å². The van der Waals surface area contributed by atoms with E-state index in [-0.39, 0.29) is 11.9 Å². The Morgan fingerprint density at radius 3 is 2.45 bits per heavy atom. The number of rotatable bonds is 4. The SMILES string of the molecule is CC(C)(O)C(=O)N1CC=C(c2ccc(NC(=O)N3CC(c4cccnc4)C3)cc2)CC1. The maximum atomic E-state index is 12.5. The molecule has 2 aliphatic rings. The number of amides is 3. The summed E-state index contributed by atoms with van der Waals surface area (Å²) in [5.74, 6) is 0.0977. The molecule has 0 saturated carbocycles. The first-order chi connectivity index (χ1) is 14.8. The minimum Gasteiger partial charge on any atom is -0.381 e. The Balaban J connectivity index is 1.30. The van der Waals surface area contributed by atoms with Crippen LogP contribution in [-0.2, 0) is 4.79 Å². The highest BCUT2D eigenvalue weighted by Gasteiger charge is 2.32. The van der Waals surface area contributed by atoms with Gasteiger partial charge in [0.05, 0.1) is 0 Å². The molecule has 0 unspecified atom stereocenters. The maximum Gasteiger partial charge on any atom is 0.321 e. The number of pyridine rings is 1. The summed E-state index contributed by atoms with van der Waals surface area (Å²) in [6.45, 7) is 5.50. The summed E-state index contributed by atoms with van der Waals surface area (Å²) in [5.41, 5.74) is 2.82. The van der Waals surface area contributed by atoms with Crippen molar-refractivity contribution in [3.05, 3.63) is 66.0 Å². The van der Waals surface area contributed by atoms with Gasteiger partial charge < -0.3 is 20.2 Å². The van der Waals surface area contributed by atoms with Gasteiger partial charge in [-0.3, -0.25) is 9.78 Å². The molecule has 0 spiro atoms. The molecule has 3 amide bonds. The van der Waals surface area contributed by atoms with Crippen molar-refractivity contribution in [1.29, 1.82) is 0 Å². The third-order valence-corrected chi connectivity index (χ3v) is 5.85. The monoisotopic (exact) mass is 420 g/mol. The van der Waals surface area contributed by atoms with E-state index in [1.54, 1.807) is 16.0 Å². The number of hydrogen-bond donors (Lipinski definition) is 2. The molecule has 162 valence electrons. The number of aliphatic hydroxyl groups is 1. The zero-order valence-electron chi connectivity index (χ0n) is 17.9.